The predicted octanol–water partition coefficient (Wildman–Crippen LogP) is 3.12. The summed E-state index contributed by atoms with van der Waals surface area (Å²) in [4.78, 5) is 31.3. The topological polar surface area (TPSA) is 78.0 Å². The number of benzene rings is 1. The van der Waals surface area contributed by atoms with Crippen LogP contribution in [-0.4, -0.2) is 73.1 Å². The fraction of sp³-hybridized carbons (Fsp3) is 0.704. The van der Waals surface area contributed by atoms with E-state index < -0.39 is 16.1 Å². The molecule has 1 aromatic rings. The molecule has 2 saturated heterocycles. The third kappa shape index (κ3) is 4.10. The molecule has 4 bridgehead atoms. The Balaban J connectivity index is 1.12. The molecule has 4 aliphatic carbocycles. The number of piperidine rings is 1. The first-order valence-corrected chi connectivity index (χ1v) is 14.9. The van der Waals surface area contributed by atoms with Crippen molar-refractivity contribution >= 4 is 21.8 Å². The van der Waals surface area contributed by atoms with Gasteiger partial charge in [-0.15, -0.1) is 0 Å². The van der Waals surface area contributed by atoms with E-state index in [-0.39, 0.29) is 16.2 Å². The highest BCUT2D eigenvalue weighted by atomic mass is 32.2. The minimum Gasteiger partial charge on any atom is -0.339 e. The summed E-state index contributed by atoms with van der Waals surface area (Å²) in [6, 6.07) is 7.77. The molecule has 2 amide bonds. The summed E-state index contributed by atoms with van der Waals surface area (Å²) >= 11 is 0. The summed E-state index contributed by atoms with van der Waals surface area (Å²) in [5.41, 5.74) is -0.148. The molecule has 2 aliphatic heterocycles. The van der Waals surface area contributed by atoms with Gasteiger partial charge < -0.3 is 9.80 Å². The number of amides is 2. The molecule has 0 aromatic heterocycles. The summed E-state index contributed by atoms with van der Waals surface area (Å²) in [6.07, 6.45) is 9.31. The fourth-order valence-electron chi connectivity index (χ4n) is 8.22. The Kier molecular flexibility index (Phi) is 5.95. The van der Waals surface area contributed by atoms with Gasteiger partial charge in [0.15, 0.2) is 0 Å². The Bertz CT molecular complexity index is 1050. The number of piperazine rings is 1. The molecule has 4 saturated carbocycles. The van der Waals surface area contributed by atoms with Crippen molar-refractivity contribution in [3.63, 3.8) is 0 Å². The Morgan fingerprint density at radius 2 is 1.34 bits per heavy atom. The number of nitrogens with zero attached hydrogens (tertiary/aromatic N) is 3. The van der Waals surface area contributed by atoms with Crippen molar-refractivity contribution in [2.45, 2.75) is 68.7 Å². The van der Waals surface area contributed by atoms with E-state index in [0.717, 1.165) is 49.9 Å². The molecule has 7 rings (SSSR count). The number of carbonyl (C=O) groups excluding carboxylic acids is 2. The molecule has 1 aromatic carbocycles. The molecule has 6 aliphatic rings. The SMILES string of the molecule is O=C(C1CCCCN1S(=O)(=O)c1ccccc1)N1CCN(C(=O)C23CC4CC(CC(C4)C2)C3)CC1. The summed E-state index contributed by atoms with van der Waals surface area (Å²) in [5, 5.41) is 0. The van der Waals surface area contributed by atoms with Crippen molar-refractivity contribution < 1.29 is 18.0 Å². The first kappa shape index (κ1) is 23.5. The number of carbonyl (C=O) groups is 2. The van der Waals surface area contributed by atoms with Crippen LogP contribution in [-0.2, 0) is 19.6 Å². The molecule has 35 heavy (non-hydrogen) atoms. The molecular weight excluding hydrogens is 462 g/mol. The molecular formula is C27H37N3O4S. The van der Waals surface area contributed by atoms with Crippen LogP contribution in [0.15, 0.2) is 35.2 Å². The number of hydrogen-bond donors (Lipinski definition) is 0. The number of hydrogen-bond acceptors (Lipinski definition) is 4. The molecule has 190 valence electrons. The average molecular weight is 500 g/mol. The van der Waals surface area contributed by atoms with Crippen molar-refractivity contribution in [1.29, 1.82) is 0 Å². The zero-order chi connectivity index (χ0) is 24.2. The fourth-order valence-corrected chi connectivity index (χ4v) is 9.89. The van der Waals surface area contributed by atoms with Gasteiger partial charge >= 0.3 is 0 Å². The highest BCUT2D eigenvalue weighted by Crippen LogP contribution is 2.60. The highest BCUT2D eigenvalue weighted by Gasteiger charge is 2.55. The smallest absolute Gasteiger partial charge is 0.243 e. The second-order valence-electron chi connectivity index (χ2n) is 11.8. The van der Waals surface area contributed by atoms with Gasteiger partial charge in [0, 0.05) is 32.7 Å². The van der Waals surface area contributed by atoms with Crippen LogP contribution in [0.2, 0.25) is 0 Å². The zero-order valence-corrected chi connectivity index (χ0v) is 21.3. The maximum Gasteiger partial charge on any atom is 0.243 e. The first-order chi connectivity index (χ1) is 16.9. The van der Waals surface area contributed by atoms with Crippen molar-refractivity contribution in [1.82, 2.24) is 14.1 Å². The van der Waals surface area contributed by atoms with Gasteiger partial charge in [-0.05, 0) is 81.3 Å². The Morgan fingerprint density at radius 1 is 0.771 bits per heavy atom. The second kappa shape index (κ2) is 8.87. The van der Waals surface area contributed by atoms with E-state index in [4.69, 9.17) is 0 Å². The molecule has 7 nitrogen and oxygen atoms in total. The van der Waals surface area contributed by atoms with E-state index in [9.17, 15) is 18.0 Å². The van der Waals surface area contributed by atoms with Crippen LogP contribution in [0.1, 0.15) is 57.8 Å². The normalized spacial score (nSPS) is 35.3. The Morgan fingerprint density at radius 3 is 1.94 bits per heavy atom. The van der Waals surface area contributed by atoms with Crippen molar-refractivity contribution in [3.8, 4) is 0 Å². The summed E-state index contributed by atoms with van der Waals surface area (Å²) in [7, 11) is -3.72. The van der Waals surface area contributed by atoms with Crippen LogP contribution >= 0.6 is 0 Å². The van der Waals surface area contributed by atoms with Crippen LogP contribution in [0.25, 0.3) is 0 Å². The Labute approximate surface area is 208 Å². The van der Waals surface area contributed by atoms with Gasteiger partial charge in [-0.1, -0.05) is 24.6 Å². The monoisotopic (exact) mass is 499 g/mol. The van der Waals surface area contributed by atoms with E-state index in [0.29, 0.717) is 45.1 Å². The largest absolute Gasteiger partial charge is 0.339 e. The molecule has 1 atom stereocenters. The van der Waals surface area contributed by atoms with E-state index in [1.54, 1.807) is 35.2 Å². The molecule has 0 spiro atoms. The van der Waals surface area contributed by atoms with Gasteiger partial charge in [0.25, 0.3) is 0 Å². The zero-order valence-electron chi connectivity index (χ0n) is 20.5. The average Bonchev–Trinajstić information content (AvgIpc) is 2.88. The van der Waals surface area contributed by atoms with E-state index >= 15 is 0 Å². The van der Waals surface area contributed by atoms with Crippen LogP contribution in [0.4, 0.5) is 0 Å². The summed E-state index contributed by atoms with van der Waals surface area (Å²) in [5.74, 6) is 2.42. The van der Waals surface area contributed by atoms with Crippen molar-refractivity contribution in [2.24, 2.45) is 23.2 Å². The van der Waals surface area contributed by atoms with Crippen molar-refractivity contribution in [2.75, 3.05) is 32.7 Å². The third-order valence-corrected chi connectivity index (χ3v) is 11.4. The van der Waals surface area contributed by atoms with E-state index in [2.05, 4.69) is 0 Å². The van der Waals surface area contributed by atoms with Gasteiger partial charge in [-0.3, -0.25) is 9.59 Å². The van der Waals surface area contributed by atoms with Crippen LogP contribution in [0.5, 0.6) is 0 Å². The molecule has 0 radical (unpaired) electrons. The van der Waals surface area contributed by atoms with E-state index in [1.807, 2.05) is 4.90 Å². The third-order valence-electron chi connectivity index (χ3n) is 9.46. The van der Waals surface area contributed by atoms with E-state index in [1.165, 1.54) is 23.6 Å². The lowest BCUT2D eigenvalue weighted by atomic mass is 9.49. The molecule has 1 unspecified atom stereocenters. The quantitative estimate of drug-likeness (QED) is 0.638. The standard InChI is InChI=1S/C27H37N3O4S/c31-25(24-8-4-5-9-30(24)35(33,34)23-6-2-1-3-7-23)28-10-12-29(13-11-28)26(32)27-17-20-14-21(18-27)16-22(15-20)19-27/h1-3,6-7,20-22,24H,4-5,8-19H2. The van der Waals surface area contributed by atoms with Crippen LogP contribution < -0.4 is 0 Å². The minimum absolute atomic E-state index is 0.105. The number of sulfonamides is 1. The second-order valence-corrected chi connectivity index (χ2v) is 13.6. The highest BCUT2D eigenvalue weighted by molar-refractivity contribution is 7.89. The van der Waals surface area contributed by atoms with Gasteiger partial charge in [0.1, 0.15) is 6.04 Å². The maximum atomic E-state index is 13.7. The molecule has 2 heterocycles. The molecule has 0 N–H and O–H groups in total. The van der Waals surface area contributed by atoms with Gasteiger partial charge in [0.2, 0.25) is 21.8 Å². The van der Waals surface area contributed by atoms with Crippen LogP contribution in [0.3, 0.4) is 0 Å². The van der Waals surface area contributed by atoms with Gasteiger partial charge in [-0.2, -0.15) is 4.31 Å². The number of rotatable bonds is 4. The summed E-state index contributed by atoms with van der Waals surface area (Å²) in [6.45, 7) is 2.48. The van der Waals surface area contributed by atoms with Crippen molar-refractivity contribution in [3.05, 3.63) is 30.3 Å². The lowest BCUT2D eigenvalue weighted by Gasteiger charge is -2.57. The lowest BCUT2D eigenvalue weighted by molar-refractivity contribution is -0.161. The van der Waals surface area contributed by atoms with Crippen LogP contribution in [0, 0.1) is 23.2 Å². The predicted molar refractivity (Wildman–Crippen MR) is 132 cm³/mol. The lowest BCUT2D eigenvalue weighted by Crippen LogP contribution is -2.60. The Hall–Kier alpha value is -1.93. The minimum atomic E-state index is -3.72. The van der Waals surface area contributed by atoms with Gasteiger partial charge in [0.05, 0.1) is 10.3 Å². The maximum absolute atomic E-state index is 13.7. The first-order valence-electron chi connectivity index (χ1n) is 13.5. The van der Waals surface area contributed by atoms with Gasteiger partial charge in [-0.25, -0.2) is 8.42 Å². The molecule has 6 fully saturated rings. The molecule has 8 heteroatoms. The summed E-state index contributed by atoms with van der Waals surface area (Å²) < 4.78 is 28.1.